The number of likely N-dealkylation sites (N-methyl/N-ethyl adjacent to an activating group) is 2. The minimum atomic E-state index is 0.533. The quantitative estimate of drug-likeness (QED) is 0.766. The van der Waals surface area contributed by atoms with Crippen LogP contribution in [0, 0.1) is 0 Å². The van der Waals surface area contributed by atoms with Crippen LogP contribution < -0.4 is 10.6 Å². The van der Waals surface area contributed by atoms with E-state index in [0.29, 0.717) is 12.1 Å². The summed E-state index contributed by atoms with van der Waals surface area (Å²) in [7, 11) is 4.03. The van der Waals surface area contributed by atoms with Crippen LogP contribution in [0.2, 0.25) is 0 Å². The van der Waals surface area contributed by atoms with Crippen molar-refractivity contribution in [1.29, 1.82) is 0 Å². The lowest BCUT2D eigenvalue weighted by atomic mass is 9.96. The minimum absolute atomic E-state index is 0.533. The maximum atomic E-state index is 3.29. The molecule has 0 aliphatic rings. The molecule has 0 aliphatic carbocycles. The lowest BCUT2D eigenvalue weighted by Crippen LogP contribution is -2.26. The zero-order chi connectivity index (χ0) is 12.0. The Balaban J connectivity index is 2.75. The number of hydrogen-bond acceptors (Lipinski definition) is 2. The Bertz CT molecular complexity index is 278. The largest absolute Gasteiger partial charge is 0.317 e. The zero-order valence-electron chi connectivity index (χ0n) is 10.9. The van der Waals surface area contributed by atoms with E-state index in [0.717, 1.165) is 12.8 Å². The maximum absolute atomic E-state index is 3.29. The van der Waals surface area contributed by atoms with Crippen molar-refractivity contribution >= 4 is 0 Å². The fraction of sp³-hybridized carbons (Fsp3) is 0.571. The third-order valence-corrected chi connectivity index (χ3v) is 3.16. The van der Waals surface area contributed by atoms with E-state index in [1.54, 1.807) is 0 Å². The van der Waals surface area contributed by atoms with Gasteiger partial charge in [-0.05, 0) is 51.9 Å². The van der Waals surface area contributed by atoms with Crippen molar-refractivity contribution in [2.75, 3.05) is 14.1 Å². The molecule has 0 aromatic heterocycles. The van der Waals surface area contributed by atoms with E-state index in [1.807, 2.05) is 14.1 Å². The molecule has 0 radical (unpaired) electrons. The van der Waals surface area contributed by atoms with Gasteiger partial charge in [-0.15, -0.1) is 0 Å². The number of rotatable bonds is 6. The summed E-state index contributed by atoms with van der Waals surface area (Å²) < 4.78 is 0. The smallest absolute Gasteiger partial charge is 0.00762 e. The molecule has 1 aromatic rings. The van der Waals surface area contributed by atoms with Crippen molar-refractivity contribution in [2.24, 2.45) is 0 Å². The SMILES string of the molecule is CNC(C)Cc1ccccc1CC(C)NC. The lowest BCUT2D eigenvalue weighted by molar-refractivity contribution is 0.586. The molecule has 0 aliphatic heterocycles. The summed E-state index contributed by atoms with van der Waals surface area (Å²) in [5.74, 6) is 0. The van der Waals surface area contributed by atoms with Crippen LogP contribution in [0.4, 0.5) is 0 Å². The Hall–Kier alpha value is -0.860. The Kier molecular flexibility index (Phi) is 5.50. The van der Waals surface area contributed by atoms with Gasteiger partial charge in [0.1, 0.15) is 0 Å². The molecule has 0 bridgehead atoms. The first-order valence-electron chi connectivity index (χ1n) is 6.08. The van der Waals surface area contributed by atoms with Gasteiger partial charge in [0.2, 0.25) is 0 Å². The van der Waals surface area contributed by atoms with Gasteiger partial charge in [0.25, 0.3) is 0 Å². The third kappa shape index (κ3) is 3.95. The first kappa shape index (κ1) is 13.2. The van der Waals surface area contributed by atoms with Crippen molar-refractivity contribution in [3.05, 3.63) is 35.4 Å². The van der Waals surface area contributed by atoms with E-state index in [1.165, 1.54) is 11.1 Å². The van der Waals surface area contributed by atoms with Crippen molar-refractivity contribution in [2.45, 2.75) is 38.8 Å². The predicted molar refractivity (Wildman–Crippen MR) is 70.9 cm³/mol. The van der Waals surface area contributed by atoms with Crippen LogP contribution in [0.5, 0.6) is 0 Å². The number of hydrogen-bond donors (Lipinski definition) is 2. The molecule has 2 unspecified atom stereocenters. The summed E-state index contributed by atoms with van der Waals surface area (Å²) in [5, 5.41) is 6.58. The summed E-state index contributed by atoms with van der Waals surface area (Å²) in [5.41, 5.74) is 2.93. The fourth-order valence-electron chi connectivity index (χ4n) is 1.82. The molecular weight excluding hydrogens is 196 g/mol. The monoisotopic (exact) mass is 220 g/mol. The maximum Gasteiger partial charge on any atom is 0.00762 e. The van der Waals surface area contributed by atoms with E-state index in [2.05, 4.69) is 48.7 Å². The zero-order valence-corrected chi connectivity index (χ0v) is 10.9. The van der Waals surface area contributed by atoms with Gasteiger partial charge in [0.05, 0.1) is 0 Å². The molecule has 90 valence electrons. The highest BCUT2D eigenvalue weighted by atomic mass is 14.9. The summed E-state index contributed by atoms with van der Waals surface area (Å²) in [6.45, 7) is 4.44. The fourth-order valence-corrected chi connectivity index (χ4v) is 1.82. The molecule has 0 saturated carbocycles. The van der Waals surface area contributed by atoms with Crippen molar-refractivity contribution < 1.29 is 0 Å². The van der Waals surface area contributed by atoms with Gasteiger partial charge in [-0.25, -0.2) is 0 Å². The van der Waals surface area contributed by atoms with Crippen LogP contribution in [0.3, 0.4) is 0 Å². The van der Waals surface area contributed by atoms with Crippen LogP contribution in [0.1, 0.15) is 25.0 Å². The molecule has 0 fully saturated rings. The van der Waals surface area contributed by atoms with Gasteiger partial charge >= 0.3 is 0 Å². The van der Waals surface area contributed by atoms with Crippen molar-refractivity contribution in [3.63, 3.8) is 0 Å². The summed E-state index contributed by atoms with van der Waals surface area (Å²) in [6.07, 6.45) is 2.20. The lowest BCUT2D eigenvalue weighted by Gasteiger charge is -2.16. The van der Waals surface area contributed by atoms with Crippen LogP contribution in [0.25, 0.3) is 0 Å². The first-order chi connectivity index (χ1) is 7.67. The molecule has 1 rings (SSSR count). The summed E-state index contributed by atoms with van der Waals surface area (Å²) in [4.78, 5) is 0. The van der Waals surface area contributed by atoms with Gasteiger partial charge < -0.3 is 10.6 Å². The summed E-state index contributed by atoms with van der Waals surface area (Å²) >= 11 is 0. The minimum Gasteiger partial charge on any atom is -0.317 e. The molecule has 0 amide bonds. The highest BCUT2D eigenvalue weighted by Crippen LogP contribution is 2.13. The number of benzene rings is 1. The first-order valence-corrected chi connectivity index (χ1v) is 6.08. The predicted octanol–water partition coefficient (Wildman–Crippen LogP) is 1.99. The van der Waals surface area contributed by atoms with Crippen molar-refractivity contribution in [3.8, 4) is 0 Å². The van der Waals surface area contributed by atoms with E-state index in [4.69, 9.17) is 0 Å². The average molecular weight is 220 g/mol. The average Bonchev–Trinajstić information content (AvgIpc) is 2.31. The number of nitrogens with one attached hydrogen (secondary N) is 2. The molecule has 0 saturated heterocycles. The molecular formula is C14H24N2. The highest BCUT2D eigenvalue weighted by molar-refractivity contribution is 5.28. The van der Waals surface area contributed by atoms with Crippen LogP contribution in [-0.4, -0.2) is 26.2 Å². The highest BCUT2D eigenvalue weighted by Gasteiger charge is 2.08. The van der Waals surface area contributed by atoms with Crippen molar-refractivity contribution in [1.82, 2.24) is 10.6 Å². The van der Waals surface area contributed by atoms with Crippen LogP contribution >= 0.6 is 0 Å². The van der Waals surface area contributed by atoms with E-state index in [9.17, 15) is 0 Å². The second-order valence-electron chi connectivity index (χ2n) is 4.56. The molecule has 1 aromatic carbocycles. The molecule has 0 heterocycles. The molecule has 2 heteroatoms. The van der Waals surface area contributed by atoms with Gasteiger partial charge in [-0.3, -0.25) is 0 Å². The Morgan fingerprint density at radius 1 is 0.875 bits per heavy atom. The Morgan fingerprint density at radius 2 is 1.25 bits per heavy atom. The summed E-state index contributed by atoms with van der Waals surface area (Å²) in [6, 6.07) is 9.81. The molecule has 0 spiro atoms. The van der Waals surface area contributed by atoms with E-state index < -0.39 is 0 Å². The van der Waals surface area contributed by atoms with Crippen LogP contribution in [0.15, 0.2) is 24.3 Å². The third-order valence-electron chi connectivity index (χ3n) is 3.16. The standard InChI is InChI=1S/C14H24N2/c1-11(15-3)9-13-7-5-6-8-14(13)10-12(2)16-4/h5-8,11-12,15-16H,9-10H2,1-4H3. The van der Waals surface area contributed by atoms with E-state index >= 15 is 0 Å². The Labute approximate surface area is 99.5 Å². The van der Waals surface area contributed by atoms with Gasteiger partial charge in [0, 0.05) is 12.1 Å². The Morgan fingerprint density at radius 3 is 1.56 bits per heavy atom. The second kappa shape index (κ2) is 6.66. The molecule has 2 atom stereocenters. The molecule has 16 heavy (non-hydrogen) atoms. The molecule has 2 N–H and O–H groups in total. The normalized spacial score (nSPS) is 14.8. The van der Waals surface area contributed by atoms with Crippen LogP contribution in [-0.2, 0) is 12.8 Å². The van der Waals surface area contributed by atoms with Gasteiger partial charge in [-0.2, -0.15) is 0 Å². The van der Waals surface area contributed by atoms with Gasteiger partial charge in [-0.1, -0.05) is 24.3 Å². The topological polar surface area (TPSA) is 24.1 Å². The molecule has 2 nitrogen and oxygen atoms in total. The second-order valence-corrected chi connectivity index (χ2v) is 4.56. The van der Waals surface area contributed by atoms with E-state index in [-0.39, 0.29) is 0 Å². The van der Waals surface area contributed by atoms with Gasteiger partial charge in [0.15, 0.2) is 0 Å².